The van der Waals surface area contributed by atoms with Gasteiger partial charge in [-0.1, -0.05) is 31.9 Å². The van der Waals surface area contributed by atoms with Crippen molar-refractivity contribution in [1.29, 1.82) is 0 Å². The Kier molecular flexibility index (Phi) is 6.57. The molecule has 0 aliphatic carbocycles. The summed E-state index contributed by atoms with van der Waals surface area (Å²) in [7, 11) is 0. The Balaban J connectivity index is 1.90. The number of carbonyl (C=O) groups excluding carboxylic acids is 1. The molecule has 0 radical (unpaired) electrons. The lowest BCUT2D eigenvalue weighted by molar-refractivity contribution is -0.137. The van der Waals surface area contributed by atoms with Gasteiger partial charge in [0.25, 0.3) is 0 Å². The van der Waals surface area contributed by atoms with Crippen LogP contribution in [0, 0.1) is 5.92 Å². The Morgan fingerprint density at radius 1 is 1.30 bits per heavy atom. The molecule has 1 aromatic rings. The second kappa shape index (κ2) is 8.43. The van der Waals surface area contributed by atoms with Crippen molar-refractivity contribution in [3.63, 3.8) is 0 Å². The molecular formula is C17H30N4O2. The van der Waals surface area contributed by atoms with E-state index in [-0.39, 0.29) is 12.0 Å². The Labute approximate surface area is 138 Å². The monoisotopic (exact) mass is 322 g/mol. The predicted molar refractivity (Wildman–Crippen MR) is 88.8 cm³/mol. The van der Waals surface area contributed by atoms with E-state index in [9.17, 15) is 9.90 Å². The van der Waals surface area contributed by atoms with Crippen LogP contribution < -0.4 is 0 Å². The van der Waals surface area contributed by atoms with E-state index < -0.39 is 6.10 Å². The quantitative estimate of drug-likeness (QED) is 0.838. The molecule has 2 heterocycles. The van der Waals surface area contributed by atoms with Crippen molar-refractivity contribution >= 4 is 5.91 Å². The fourth-order valence-electron chi connectivity index (χ4n) is 3.36. The second-order valence-electron chi connectivity index (χ2n) is 6.63. The zero-order valence-electron chi connectivity index (χ0n) is 14.6. The lowest BCUT2D eigenvalue weighted by atomic mass is 9.95. The molecule has 0 aromatic carbocycles. The number of piperidine rings is 1. The first-order valence-electron chi connectivity index (χ1n) is 8.95. The summed E-state index contributed by atoms with van der Waals surface area (Å²) in [6.45, 7) is 7.56. The molecule has 0 saturated carbocycles. The summed E-state index contributed by atoms with van der Waals surface area (Å²) in [5.41, 5.74) is 0.606. The van der Waals surface area contributed by atoms with E-state index in [2.05, 4.69) is 24.2 Å². The maximum Gasteiger partial charge on any atom is 0.225 e. The number of amides is 1. The van der Waals surface area contributed by atoms with E-state index in [1.165, 1.54) is 0 Å². The summed E-state index contributed by atoms with van der Waals surface area (Å²) in [6.07, 6.45) is 7.15. The molecule has 6 heteroatoms. The second-order valence-corrected chi connectivity index (χ2v) is 6.63. The van der Waals surface area contributed by atoms with Crippen LogP contribution in [-0.2, 0) is 4.79 Å². The Hall–Kier alpha value is -1.43. The number of rotatable bonds is 7. The Bertz CT molecular complexity index is 487. The molecule has 2 rings (SSSR count). The highest BCUT2D eigenvalue weighted by atomic mass is 16.3. The van der Waals surface area contributed by atoms with Crippen LogP contribution in [0.1, 0.15) is 77.1 Å². The van der Waals surface area contributed by atoms with Gasteiger partial charge < -0.3 is 10.0 Å². The summed E-state index contributed by atoms with van der Waals surface area (Å²) < 4.78 is 1.85. The average Bonchev–Trinajstić information content (AvgIpc) is 3.04. The van der Waals surface area contributed by atoms with E-state index >= 15 is 0 Å². The van der Waals surface area contributed by atoms with E-state index in [4.69, 9.17) is 0 Å². The van der Waals surface area contributed by atoms with Gasteiger partial charge in [0, 0.05) is 19.0 Å². The highest BCUT2D eigenvalue weighted by molar-refractivity contribution is 5.78. The molecule has 6 nitrogen and oxygen atoms in total. The zero-order chi connectivity index (χ0) is 16.8. The third-order valence-electron chi connectivity index (χ3n) is 4.73. The topological polar surface area (TPSA) is 71.2 Å². The number of likely N-dealkylation sites (tertiary alicyclic amines) is 1. The van der Waals surface area contributed by atoms with Crippen LogP contribution in [0.25, 0.3) is 0 Å². The van der Waals surface area contributed by atoms with Crippen LogP contribution in [0.3, 0.4) is 0 Å². The van der Waals surface area contributed by atoms with E-state index in [1.807, 2.05) is 15.8 Å². The van der Waals surface area contributed by atoms with Gasteiger partial charge in [-0.15, -0.1) is 5.10 Å². The van der Waals surface area contributed by atoms with Gasteiger partial charge in [-0.05, 0) is 32.6 Å². The number of carbonyl (C=O) groups is 1. The van der Waals surface area contributed by atoms with Crippen molar-refractivity contribution in [2.24, 2.45) is 5.92 Å². The van der Waals surface area contributed by atoms with Gasteiger partial charge in [-0.2, -0.15) is 0 Å². The summed E-state index contributed by atoms with van der Waals surface area (Å²) in [5.74, 6) is 0.519. The first-order chi connectivity index (χ1) is 11.1. The van der Waals surface area contributed by atoms with Gasteiger partial charge in [0.2, 0.25) is 5.91 Å². The van der Waals surface area contributed by atoms with Crippen molar-refractivity contribution in [2.75, 3.05) is 13.1 Å². The normalized spacial score (nSPS) is 17.7. The van der Waals surface area contributed by atoms with E-state index in [0.29, 0.717) is 11.6 Å². The molecule has 1 fully saturated rings. The van der Waals surface area contributed by atoms with Gasteiger partial charge in [-0.25, -0.2) is 4.68 Å². The fraction of sp³-hybridized carbons (Fsp3) is 0.824. The Morgan fingerprint density at radius 3 is 2.39 bits per heavy atom. The maximum atomic E-state index is 12.7. The molecule has 1 amide bonds. The summed E-state index contributed by atoms with van der Waals surface area (Å²) >= 11 is 0. The molecule has 1 N–H and O–H groups in total. The average molecular weight is 322 g/mol. The lowest BCUT2D eigenvalue weighted by Crippen LogP contribution is -2.42. The van der Waals surface area contributed by atoms with Crippen molar-refractivity contribution in [3.8, 4) is 0 Å². The van der Waals surface area contributed by atoms with Crippen molar-refractivity contribution in [3.05, 3.63) is 11.9 Å². The van der Waals surface area contributed by atoms with E-state index in [1.54, 1.807) is 6.92 Å². The highest BCUT2D eigenvalue weighted by Gasteiger charge is 2.28. The molecule has 0 spiro atoms. The number of aliphatic hydroxyl groups is 1. The standard InChI is InChI=1S/C17H30N4O2/c1-4-6-14(7-5-2)17(23)20-10-8-15(9-11-20)21-12-16(13(3)22)18-19-21/h12-15,22H,4-11H2,1-3H3/t13-/m0/s1. The molecular weight excluding hydrogens is 292 g/mol. The maximum absolute atomic E-state index is 12.7. The summed E-state index contributed by atoms with van der Waals surface area (Å²) in [4.78, 5) is 14.7. The minimum Gasteiger partial charge on any atom is -0.387 e. The number of hydrogen-bond acceptors (Lipinski definition) is 4. The molecule has 0 unspecified atom stereocenters. The first-order valence-corrected chi connectivity index (χ1v) is 8.95. The number of aliphatic hydroxyl groups excluding tert-OH is 1. The van der Waals surface area contributed by atoms with Crippen LogP contribution in [-0.4, -0.2) is 44.0 Å². The predicted octanol–water partition coefficient (Wildman–Crippen LogP) is 2.71. The summed E-state index contributed by atoms with van der Waals surface area (Å²) in [6, 6.07) is 0.273. The molecule has 1 aliphatic rings. The van der Waals surface area contributed by atoms with Gasteiger partial charge in [0.15, 0.2) is 0 Å². The molecule has 130 valence electrons. The third kappa shape index (κ3) is 4.53. The third-order valence-corrected chi connectivity index (χ3v) is 4.73. The van der Waals surface area contributed by atoms with Crippen molar-refractivity contribution < 1.29 is 9.90 Å². The van der Waals surface area contributed by atoms with Crippen LogP contribution >= 0.6 is 0 Å². The number of hydrogen-bond donors (Lipinski definition) is 1. The highest BCUT2D eigenvalue weighted by Crippen LogP contribution is 2.25. The van der Waals surface area contributed by atoms with Gasteiger partial charge in [0.05, 0.1) is 18.3 Å². The first kappa shape index (κ1) is 17.9. The fourth-order valence-corrected chi connectivity index (χ4v) is 3.36. The van der Waals surface area contributed by atoms with Crippen LogP contribution in [0.2, 0.25) is 0 Å². The van der Waals surface area contributed by atoms with Gasteiger partial charge >= 0.3 is 0 Å². The molecule has 1 aliphatic heterocycles. The molecule has 23 heavy (non-hydrogen) atoms. The van der Waals surface area contributed by atoms with E-state index in [0.717, 1.165) is 51.6 Å². The molecule has 1 saturated heterocycles. The molecule has 0 bridgehead atoms. The largest absolute Gasteiger partial charge is 0.387 e. The lowest BCUT2D eigenvalue weighted by Gasteiger charge is -2.34. The zero-order valence-corrected chi connectivity index (χ0v) is 14.6. The number of nitrogens with zero attached hydrogens (tertiary/aromatic N) is 4. The van der Waals surface area contributed by atoms with Crippen molar-refractivity contribution in [1.82, 2.24) is 19.9 Å². The van der Waals surface area contributed by atoms with Crippen LogP contribution in [0.4, 0.5) is 0 Å². The smallest absolute Gasteiger partial charge is 0.225 e. The molecule has 1 atom stereocenters. The van der Waals surface area contributed by atoms with Gasteiger partial charge in [-0.3, -0.25) is 4.79 Å². The minimum absolute atomic E-state index is 0.190. The van der Waals surface area contributed by atoms with Crippen molar-refractivity contribution in [2.45, 2.75) is 71.4 Å². The molecule has 1 aromatic heterocycles. The Morgan fingerprint density at radius 2 is 1.91 bits per heavy atom. The SMILES string of the molecule is CCCC(CCC)C(=O)N1CCC(n2cc([C@H](C)O)nn2)CC1. The van der Waals surface area contributed by atoms with Gasteiger partial charge in [0.1, 0.15) is 5.69 Å². The summed E-state index contributed by atoms with van der Waals surface area (Å²) in [5, 5.41) is 17.7. The number of aromatic nitrogens is 3. The van der Waals surface area contributed by atoms with Crippen LogP contribution in [0.15, 0.2) is 6.20 Å². The van der Waals surface area contributed by atoms with Crippen LogP contribution in [0.5, 0.6) is 0 Å². The minimum atomic E-state index is -0.589.